The molecule has 1 aromatic heterocycles. The minimum absolute atomic E-state index is 0.132. The van der Waals surface area contributed by atoms with Gasteiger partial charge in [0, 0.05) is 19.2 Å². The van der Waals surface area contributed by atoms with Crippen molar-refractivity contribution in [3.05, 3.63) is 52.8 Å². The molecule has 0 aliphatic carbocycles. The van der Waals surface area contributed by atoms with Crippen molar-refractivity contribution in [1.82, 2.24) is 14.9 Å². The SMILES string of the molecule is CCCCNCC(O)COc1ccc(-c2nc3ccc(OC)cc3c(=O)n2C)cc1. The van der Waals surface area contributed by atoms with Crippen molar-refractivity contribution < 1.29 is 14.6 Å². The first-order valence-corrected chi connectivity index (χ1v) is 10.2. The first-order chi connectivity index (χ1) is 14.5. The Hall–Kier alpha value is -2.90. The molecule has 30 heavy (non-hydrogen) atoms. The van der Waals surface area contributed by atoms with E-state index in [1.165, 1.54) is 4.57 Å². The number of hydrogen-bond acceptors (Lipinski definition) is 6. The fourth-order valence-corrected chi connectivity index (χ4v) is 3.16. The number of aromatic nitrogens is 2. The van der Waals surface area contributed by atoms with Gasteiger partial charge in [-0.25, -0.2) is 4.98 Å². The molecule has 0 radical (unpaired) electrons. The minimum Gasteiger partial charge on any atom is -0.497 e. The molecule has 1 atom stereocenters. The molecular weight excluding hydrogens is 382 g/mol. The second-order valence-corrected chi connectivity index (χ2v) is 7.23. The molecule has 2 N–H and O–H groups in total. The Morgan fingerprint density at radius 2 is 1.90 bits per heavy atom. The van der Waals surface area contributed by atoms with Crippen LogP contribution in [0, 0.1) is 0 Å². The average Bonchev–Trinajstić information content (AvgIpc) is 2.78. The van der Waals surface area contributed by atoms with Crippen molar-refractivity contribution in [2.24, 2.45) is 7.05 Å². The smallest absolute Gasteiger partial charge is 0.261 e. The standard InChI is InChI=1S/C23H29N3O4/c1-4-5-12-24-14-17(27)15-30-18-8-6-16(7-9-18)22-25-21-11-10-19(29-3)13-20(21)23(28)26(22)2/h6-11,13,17,24,27H,4-5,12,14-15H2,1-3H3. The van der Waals surface area contributed by atoms with Gasteiger partial charge in [0.1, 0.15) is 30.0 Å². The molecule has 7 heteroatoms. The quantitative estimate of drug-likeness (QED) is 0.499. The summed E-state index contributed by atoms with van der Waals surface area (Å²) in [5.74, 6) is 1.85. The molecule has 0 fully saturated rings. The van der Waals surface area contributed by atoms with Crippen molar-refractivity contribution in [2.75, 3.05) is 26.8 Å². The Morgan fingerprint density at radius 3 is 2.60 bits per heavy atom. The van der Waals surface area contributed by atoms with Crippen LogP contribution in [0.25, 0.3) is 22.3 Å². The maximum absolute atomic E-state index is 12.8. The number of aliphatic hydroxyl groups is 1. The fourth-order valence-electron chi connectivity index (χ4n) is 3.16. The first-order valence-electron chi connectivity index (χ1n) is 10.2. The first kappa shape index (κ1) is 21.8. The number of rotatable bonds is 10. The van der Waals surface area contributed by atoms with Gasteiger partial charge in [-0.3, -0.25) is 9.36 Å². The van der Waals surface area contributed by atoms with E-state index in [0.29, 0.717) is 34.8 Å². The highest BCUT2D eigenvalue weighted by Gasteiger charge is 2.12. The molecule has 1 heterocycles. The van der Waals surface area contributed by atoms with Gasteiger partial charge in [0.2, 0.25) is 0 Å². The van der Waals surface area contributed by atoms with E-state index < -0.39 is 6.10 Å². The zero-order valence-corrected chi connectivity index (χ0v) is 17.7. The van der Waals surface area contributed by atoms with Crippen molar-refractivity contribution in [1.29, 1.82) is 0 Å². The van der Waals surface area contributed by atoms with Crippen LogP contribution in [0.15, 0.2) is 47.3 Å². The molecule has 0 spiro atoms. The topological polar surface area (TPSA) is 85.6 Å². The highest BCUT2D eigenvalue weighted by atomic mass is 16.5. The van der Waals surface area contributed by atoms with Crippen LogP contribution in [-0.4, -0.2) is 47.6 Å². The van der Waals surface area contributed by atoms with Crippen LogP contribution in [0.3, 0.4) is 0 Å². The van der Waals surface area contributed by atoms with Gasteiger partial charge >= 0.3 is 0 Å². The summed E-state index contributed by atoms with van der Waals surface area (Å²) in [6.45, 7) is 3.75. The molecule has 3 rings (SSSR count). The Labute approximate surface area is 176 Å². The molecule has 0 saturated carbocycles. The van der Waals surface area contributed by atoms with Crippen LogP contribution in [0.4, 0.5) is 0 Å². The summed E-state index contributed by atoms with van der Waals surface area (Å²) in [5.41, 5.74) is 1.29. The van der Waals surface area contributed by atoms with Gasteiger partial charge in [0.05, 0.1) is 18.0 Å². The number of fused-ring (bicyclic) bond motifs is 1. The van der Waals surface area contributed by atoms with E-state index in [0.717, 1.165) is 24.9 Å². The number of benzene rings is 2. The number of unbranched alkanes of at least 4 members (excludes halogenated alkanes) is 1. The van der Waals surface area contributed by atoms with E-state index in [-0.39, 0.29) is 12.2 Å². The van der Waals surface area contributed by atoms with Gasteiger partial charge in [-0.15, -0.1) is 0 Å². The molecule has 7 nitrogen and oxygen atoms in total. The maximum Gasteiger partial charge on any atom is 0.261 e. The predicted octanol–water partition coefficient (Wildman–Crippen LogP) is 2.74. The Bertz CT molecular complexity index is 1030. The largest absolute Gasteiger partial charge is 0.497 e. The van der Waals surface area contributed by atoms with E-state index in [2.05, 4.69) is 17.2 Å². The number of hydrogen-bond donors (Lipinski definition) is 2. The monoisotopic (exact) mass is 411 g/mol. The van der Waals surface area contributed by atoms with Crippen LogP contribution in [-0.2, 0) is 7.05 Å². The third kappa shape index (κ3) is 5.17. The van der Waals surface area contributed by atoms with Gasteiger partial charge in [-0.1, -0.05) is 13.3 Å². The van der Waals surface area contributed by atoms with E-state index >= 15 is 0 Å². The highest BCUT2D eigenvalue weighted by molar-refractivity contribution is 5.81. The van der Waals surface area contributed by atoms with Crippen molar-refractivity contribution >= 4 is 10.9 Å². The number of nitrogens with zero attached hydrogens (tertiary/aromatic N) is 2. The van der Waals surface area contributed by atoms with Gasteiger partial charge in [-0.05, 0) is 55.4 Å². The third-order valence-corrected chi connectivity index (χ3v) is 4.92. The summed E-state index contributed by atoms with van der Waals surface area (Å²) < 4.78 is 12.4. The lowest BCUT2D eigenvalue weighted by atomic mass is 10.1. The predicted molar refractivity (Wildman–Crippen MR) is 118 cm³/mol. The van der Waals surface area contributed by atoms with Crippen molar-refractivity contribution in [2.45, 2.75) is 25.9 Å². The number of methoxy groups -OCH3 is 1. The molecule has 3 aromatic rings. The lowest BCUT2D eigenvalue weighted by molar-refractivity contribution is 0.106. The van der Waals surface area contributed by atoms with Crippen LogP contribution in [0.2, 0.25) is 0 Å². The fraction of sp³-hybridized carbons (Fsp3) is 0.391. The molecule has 0 amide bonds. The minimum atomic E-state index is -0.568. The zero-order valence-electron chi connectivity index (χ0n) is 17.7. The third-order valence-electron chi connectivity index (χ3n) is 4.92. The lowest BCUT2D eigenvalue weighted by Crippen LogP contribution is -2.31. The lowest BCUT2D eigenvalue weighted by Gasteiger charge is -2.14. The summed E-state index contributed by atoms with van der Waals surface area (Å²) in [6.07, 6.45) is 1.65. The normalized spacial score (nSPS) is 12.1. The average molecular weight is 412 g/mol. The summed E-state index contributed by atoms with van der Waals surface area (Å²) in [4.78, 5) is 17.4. The molecule has 0 aliphatic rings. The molecule has 0 aliphatic heterocycles. The maximum atomic E-state index is 12.8. The van der Waals surface area contributed by atoms with Crippen LogP contribution < -0.4 is 20.3 Å². The van der Waals surface area contributed by atoms with Crippen LogP contribution in [0.5, 0.6) is 11.5 Å². The molecule has 160 valence electrons. The van der Waals surface area contributed by atoms with E-state index in [4.69, 9.17) is 9.47 Å². The molecular formula is C23H29N3O4. The molecule has 2 aromatic carbocycles. The van der Waals surface area contributed by atoms with Crippen LogP contribution in [0.1, 0.15) is 19.8 Å². The van der Waals surface area contributed by atoms with E-state index in [9.17, 15) is 9.90 Å². The van der Waals surface area contributed by atoms with E-state index in [1.54, 1.807) is 32.4 Å². The summed E-state index contributed by atoms with van der Waals surface area (Å²) >= 11 is 0. The summed E-state index contributed by atoms with van der Waals surface area (Å²) in [6, 6.07) is 12.6. The van der Waals surface area contributed by atoms with Crippen molar-refractivity contribution in [3.8, 4) is 22.9 Å². The second-order valence-electron chi connectivity index (χ2n) is 7.23. The van der Waals surface area contributed by atoms with Crippen LogP contribution >= 0.6 is 0 Å². The number of aliphatic hydroxyl groups excluding tert-OH is 1. The number of nitrogens with one attached hydrogen (secondary N) is 1. The Kier molecular flexibility index (Phi) is 7.43. The van der Waals surface area contributed by atoms with E-state index in [1.807, 2.05) is 24.3 Å². The van der Waals surface area contributed by atoms with Gasteiger partial charge in [0.15, 0.2) is 0 Å². The molecule has 0 bridgehead atoms. The number of ether oxygens (including phenoxy) is 2. The Morgan fingerprint density at radius 1 is 1.17 bits per heavy atom. The molecule has 0 saturated heterocycles. The summed E-state index contributed by atoms with van der Waals surface area (Å²) in [7, 11) is 3.27. The van der Waals surface area contributed by atoms with Gasteiger partial charge < -0.3 is 19.9 Å². The second kappa shape index (κ2) is 10.2. The van der Waals surface area contributed by atoms with Gasteiger partial charge in [0.25, 0.3) is 5.56 Å². The summed E-state index contributed by atoms with van der Waals surface area (Å²) in [5, 5.41) is 13.7. The Balaban J connectivity index is 1.71. The zero-order chi connectivity index (χ0) is 21.5. The molecule has 1 unspecified atom stereocenters. The van der Waals surface area contributed by atoms with Gasteiger partial charge in [-0.2, -0.15) is 0 Å². The highest BCUT2D eigenvalue weighted by Crippen LogP contribution is 2.23. The van der Waals surface area contributed by atoms with Crippen molar-refractivity contribution in [3.63, 3.8) is 0 Å².